The second-order valence-electron chi connectivity index (χ2n) is 5.75. The van der Waals surface area contributed by atoms with E-state index in [1.165, 1.54) is 16.5 Å². The van der Waals surface area contributed by atoms with Crippen LogP contribution in [-0.4, -0.2) is 28.8 Å². The third-order valence-electron chi connectivity index (χ3n) is 3.75. The van der Waals surface area contributed by atoms with Crippen LogP contribution >= 0.6 is 0 Å². The van der Waals surface area contributed by atoms with Gasteiger partial charge in [0.15, 0.2) is 0 Å². The quantitative estimate of drug-likeness (QED) is 0.879. The largest absolute Gasteiger partial charge is 0.391 e. The van der Waals surface area contributed by atoms with E-state index in [1.54, 1.807) is 0 Å². The first-order valence-corrected chi connectivity index (χ1v) is 7.25. The van der Waals surface area contributed by atoms with Gasteiger partial charge in [-0.15, -0.1) is 0 Å². The fourth-order valence-electron chi connectivity index (χ4n) is 2.40. The van der Waals surface area contributed by atoms with Crippen LogP contribution in [0.4, 0.5) is 0 Å². The number of hydrogen-bond acceptors (Lipinski definition) is 3. The van der Waals surface area contributed by atoms with Crippen LogP contribution in [-0.2, 0) is 6.42 Å². The summed E-state index contributed by atoms with van der Waals surface area (Å²) in [5.41, 5.74) is 4.45. The molecule has 0 spiro atoms. The van der Waals surface area contributed by atoms with Gasteiger partial charge in [0.1, 0.15) is 0 Å². The predicted octanol–water partition coefficient (Wildman–Crippen LogP) is 2.75. The van der Waals surface area contributed by atoms with Gasteiger partial charge in [-0.05, 0) is 31.0 Å². The van der Waals surface area contributed by atoms with E-state index in [9.17, 15) is 5.11 Å². The lowest BCUT2D eigenvalue weighted by atomic mass is 10.00. The van der Waals surface area contributed by atoms with E-state index in [4.69, 9.17) is 4.98 Å². The second-order valence-corrected chi connectivity index (χ2v) is 5.75. The average Bonchev–Trinajstić information content (AvgIpc) is 2.42. The minimum Gasteiger partial charge on any atom is -0.391 e. The fourth-order valence-corrected chi connectivity index (χ4v) is 2.40. The molecule has 108 valence electrons. The van der Waals surface area contributed by atoms with Crippen molar-refractivity contribution < 1.29 is 5.11 Å². The molecule has 0 fully saturated rings. The molecular formula is C17H24N2O. The zero-order valence-electron chi connectivity index (χ0n) is 12.8. The third-order valence-corrected chi connectivity index (χ3v) is 3.75. The molecule has 1 aromatic heterocycles. The van der Waals surface area contributed by atoms with Crippen LogP contribution in [0.15, 0.2) is 24.3 Å². The Labute approximate surface area is 121 Å². The van der Waals surface area contributed by atoms with Crippen molar-refractivity contribution in [2.75, 3.05) is 6.54 Å². The number of benzene rings is 1. The van der Waals surface area contributed by atoms with Gasteiger partial charge < -0.3 is 10.4 Å². The standard InChI is InChI=1S/C17H24N2O/c1-11(2)18-10-14(20)9-17-13(4)12(3)15-7-5-6-8-16(15)19-17/h5-8,11,14,18,20H,9-10H2,1-4H3/t14-/m0/s1. The molecule has 0 saturated carbocycles. The molecule has 0 saturated heterocycles. The first kappa shape index (κ1) is 14.9. The predicted molar refractivity (Wildman–Crippen MR) is 84.1 cm³/mol. The van der Waals surface area contributed by atoms with Gasteiger partial charge in [0.05, 0.1) is 11.6 Å². The topological polar surface area (TPSA) is 45.1 Å². The Bertz CT molecular complexity index is 593. The Hall–Kier alpha value is -1.45. The maximum absolute atomic E-state index is 10.1. The molecule has 1 aromatic carbocycles. The zero-order valence-corrected chi connectivity index (χ0v) is 12.8. The summed E-state index contributed by atoms with van der Waals surface area (Å²) < 4.78 is 0. The molecule has 2 aromatic rings. The molecule has 0 radical (unpaired) electrons. The maximum atomic E-state index is 10.1. The highest BCUT2D eigenvalue weighted by Gasteiger charge is 2.13. The van der Waals surface area contributed by atoms with E-state index in [2.05, 4.69) is 39.1 Å². The number of nitrogens with zero attached hydrogens (tertiary/aromatic N) is 1. The van der Waals surface area contributed by atoms with E-state index in [1.807, 2.05) is 18.2 Å². The van der Waals surface area contributed by atoms with E-state index in [0.29, 0.717) is 19.0 Å². The monoisotopic (exact) mass is 272 g/mol. The van der Waals surface area contributed by atoms with Crippen molar-refractivity contribution in [3.63, 3.8) is 0 Å². The van der Waals surface area contributed by atoms with Crippen molar-refractivity contribution in [3.05, 3.63) is 41.1 Å². The van der Waals surface area contributed by atoms with Crippen LogP contribution in [0.25, 0.3) is 10.9 Å². The first-order valence-electron chi connectivity index (χ1n) is 7.25. The lowest BCUT2D eigenvalue weighted by Crippen LogP contribution is -2.33. The minimum atomic E-state index is -0.399. The second kappa shape index (κ2) is 6.33. The number of aliphatic hydroxyl groups excluding tert-OH is 1. The highest BCUT2D eigenvalue weighted by atomic mass is 16.3. The summed E-state index contributed by atoms with van der Waals surface area (Å²) in [4.78, 5) is 4.71. The number of para-hydroxylation sites is 1. The number of aromatic nitrogens is 1. The van der Waals surface area contributed by atoms with Gasteiger partial charge in [0, 0.05) is 30.1 Å². The van der Waals surface area contributed by atoms with Crippen LogP contribution in [0.3, 0.4) is 0 Å². The minimum absolute atomic E-state index is 0.386. The number of aliphatic hydroxyl groups is 1. The van der Waals surface area contributed by atoms with Crippen molar-refractivity contribution in [2.45, 2.75) is 46.3 Å². The summed E-state index contributed by atoms with van der Waals surface area (Å²) in [6.07, 6.45) is 0.196. The molecule has 0 aliphatic carbocycles. The normalized spacial score (nSPS) is 13.1. The van der Waals surface area contributed by atoms with E-state index >= 15 is 0 Å². The highest BCUT2D eigenvalue weighted by molar-refractivity contribution is 5.83. The zero-order chi connectivity index (χ0) is 14.7. The fraction of sp³-hybridized carbons (Fsp3) is 0.471. The van der Waals surface area contributed by atoms with Gasteiger partial charge in [-0.25, -0.2) is 0 Å². The molecule has 1 atom stereocenters. The summed E-state index contributed by atoms with van der Waals surface area (Å²) >= 11 is 0. The van der Waals surface area contributed by atoms with Gasteiger partial charge in [-0.3, -0.25) is 4.98 Å². The van der Waals surface area contributed by atoms with Crippen molar-refractivity contribution in [1.82, 2.24) is 10.3 Å². The number of nitrogens with one attached hydrogen (secondary N) is 1. The highest BCUT2D eigenvalue weighted by Crippen LogP contribution is 2.22. The number of aryl methyl sites for hydroxylation is 1. The van der Waals surface area contributed by atoms with E-state index in [0.717, 1.165) is 11.2 Å². The number of pyridine rings is 1. The van der Waals surface area contributed by atoms with Crippen LogP contribution in [0.5, 0.6) is 0 Å². The Morgan fingerprint density at radius 1 is 1.15 bits per heavy atom. The van der Waals surface area contributed by atoms with Gasteiger partial charge in [0.25, 0.3) is 0 Å². The van der Waals surface area contributed by atoms with Gasteiger partial charge in [-0.2, -0.15) is 0 Å². The third kappa shape index (κ3) is 3.35. The Balaban J connectivity index is 2.24. The van der Waals surface area contributed by atoms with Crippen molar-refractivity contribution in [3.8, 4) is 0 Å². The molecule has 0 bridgehead atoms. The molecule has 20 heavy (non-hydrogen) atoms. The van der Waals surface area contributed by atoms with Crippen LogP contribution in [0.1, 0.15) is 30.7 Å². The van der Waals surface area contributed by atoms with Gasteiger partial charge in [0.2, 0.25) is 0 Å². The van der Waals surface area contributed by atoms with Crippen molar-refractivity contribution in [1.29, 1.82) is 0 Å². The molecule has 3 heteroatoms. The van der Waals surface area contributed by atoms with Crippen molar-refractivity contribution in [2.24, 2.45) is 0 Å². The molecule has 0 amide bonds. The van der Waals surface area contributed by atoms with Crippen LogP contribution in [0.2, 0.25) is 0 Å². The molecule has 0 aliphatic heterocycles. The average molecular weight is 272 g/mol. The summed E-state index contributed by atoms with van der Waals surface area (Å²) in [6.45, 7) is 8.98. The molecule has 0 aliphatic rings. The molecule has 0 unspecified atom stereocenters. The summed E-state index contributed by atoms with van der Waals surface area (Å²) in [5, 5.41) is 14.6. The lowest BCUT2D eigenvalue weighted by molar-refractivity contribution is 0.167. The smallest absolute Gasteiger partial charge is 0.0720 e. The molecule has 2 N–H and O–H groups in total. The number of hydrogen-bond donors (Lipinski definition) is 2. The maximum Gasteiger partial charge on any atom is 0.0720 e. The van der Waals surface area contributed by atoms with Crippen LogP contribution < -0.4 is 5.32 Å². The van der Waals surface area contributed by atoms with Crippen molar-refractivity contribution >= 4 is 10.9 Å². The number of fused-ring (bicyclic) bond motifs is 1. The summed E-state index contributed by atoms with van der Waals surface area (Å²) in [7, 11) is 0. The Morgan fingerprint density at radius 2 is 1.85 bits per heavy atom. The van der Waals surface area contributed by atoms with Gasteiger partial charge in [-0.1, -0.05) is 32.0 Å². The molecular weight excluding hydrogens is 248 g/mol. The summed E-state index contributed by atoms with van der Waals surface area (Å²) in [6, 6.07) is 8.56. The lowest BCUT2D eigenvalue weighted by Gasteiger charge is -2.16. The first-order chi connectivity index (χ1) is 9.49. The molecule has 2 rings (SSSR count). The Kier molecular flexibility index (Phi) is 4.73. The Morgan fingerprint density at radius 3 is 2.55 bits per heavy atom. The van der Waals surface area contributed by atoms with Gasteiger partial charge >= 0.3 is 0 Å². The number of rotatable bonds is 5. The SMILES string of the molecule is Cc1c(C[C@H](O)CNC(C)C)nc2ccccc2c1C. The van der Waals surface area contributed by atoms with E-state index in [-0.39, 0.29) is 0 Å². The molecule has 1 heterocycles. The summed E-state index contributed by atoms with van der Waals surface area (Å²) in [5.74, 6) is 0. The molecule has 3 nitrogen and oxygen atoms in total. The van der Waals surface area contributed by atoms with Crippen LogP contribution in [0, 0.1) is 13.8 Å². The van der Waals surface area contributed by atoms with E-state index < -0.39 is 6.10 Å².